The van der Waals surface area contributed by atoms with Crippen molar-refractivity contribution in [2.45, 2.75) is 141 Å². The van der Waals surface area contributed by atoms with Gasteiger partial charge in [0.15, 0.2) is 6.29 Å². The van der Waals surface area contributed by atoms with Crippen LogP contribution < -0.4 is 11.1 Å². The van der Waals surface area contributed by atoms with E-state index in [2.05, 4.69) is 33.0 Å². The molecule has 6 N–H and O–H groups in total. The van der Waals surface area contributed by atoms with Gasteiger partial charge in [-0.2, -0.15) is 0 Å². The van der Waals surface area contributed by atoms with Gasteiger partial charge in [-0.05, 0) is 111 Å². The largest absolute Gasteiger partial charge is 0.388 e. The Labute approximate surface area is 246 Å². The quantitative estimate of drug-likeness (QED) is 0.346. The van der Waals surface area contributed by atoms with Crippen LogP contribution >= 0.6 is 0 Å². The van der Waals surface area contributed by atoms with Crippen LogP contribution in [0.1, 0.15) is 92.9 Å². The molecule has 14 atom stereocenters. The molecule has 2 saturated heterocycles. The highest BCUT2D eigenvalue weighted by Crippen LogP contribution is 2.87. The molecule has 0 aromatic heterocycles. The number of morpholine rings is 1. The lowest BCUT2D eigenvalue weighted by atomic mass is 9.43. The number of ether oxygens (including phenoxy) is 3. The average Bonchev–Trinajstić information content (AvgIpc) is 3.54. The Bertz CT molecular complexity index is 1040. The molecule has 8 heteroatoms. The van der Waals surface area contributed by atoms with Crippen LogP contribution in [0, 0.1) is 45.3 Å². The summed E-state index contributed by atoms with van der Waals surface area (Å²) in [7, 11) is 0. The molecule has 0 aromatic rings. The van der Waals surface area contributed by atoms with Gasteiger partial charge >= 0.3 is 0 Å². The molecule has 0 aromatic carbocycles. The second kappa shape index (κ2) is 9.12. The van der Waals surface area contributed by atoms with Gasteiger partial charge in [0.1, 0.15) is 6.10 Å². The molecule has 7 rings (SSSR count). The third kappa shape index (κ3) is 3.68. The fraction of sp³-hybridized carbons (Fsp3) is 1.00. The molecule has 5 aliphatic carbocycles. The van der Waals surface area contributed by atoms with Crippen LogP contribution in [0.25, 0.3) is 0 Å². The van der Waals surface area contributed by atoms with Gasteiger partial charge in [0, 0.05) is 13.1 Å². The van der Waals surface area contributed by atoms with Crippen molar-refractivity contribution in [2.75, 3.05) is 19.7 Å². The van der Waals surface area contributed by atoms with Crippen molar-refractivity contribution in [3.63, 3.8) is 0 Å². The minimum atomic E-state index is -1.27. The molecule has 7 aliphatic rings. The van der Waals surface area contributed by atoms with E-state index in [4.69, 9.17) is 19.9 Å². The number of hydrogen-bond acceptors (Lipinski definition) is 8. The zero-order valence-electron chi connectivity index (χ0n) is 26.2. The fourth-order valence-electron chi connectivity index (χ4n) is 12.7. The second-order valence-electron chi connectivity index (χ2n) is 16.9. The summed E-state index contributed by atoms with van der Waals surface area (Å²) in [5, 5.41) is 37.1. The molecule has 234 valence electrons. The third-order valence-corrected chi connectivity index (χ3v) is 14.5. The molecule has 41 heavy (non-hydrogen) atoms. The Morgan fingerprint density at radius 3 is 2.44 bits per heavy atom. The van der Waals surface area contributed by atoms with Crippen LogP contribution in [-0.2, 0) is 14.2 Å². The van der Waals surface area contributed by atoms with Crippen molar-refractivity contribution in [2.24, 2.45) is 51.1 Å². The molecule has 2 spiro atoms. The Hall–Kier alpha value is -0.320. The highest BCUT2D eigenvalue weighted by Gasteiger charge is 2.85. The van der Waals surface area contributed by atoms with Crippen molar-refractivity contribution in [3.05, 3.63) is 0 Å². The van der Waals surface area contributed by atoms with Crippen LogP contribution in [0.3, 0.4) is 0 Å². The van der Waals surface area contributed by atoms with Crippen molar-refractivity contribution < 1.29 is 29.5 Å². The summed E-state index contributed by atoms with van der Waals surface area (Å²) < 4.78 is 19.2. The van der Waals surface area contributed by atoms with E-state index < -0.39 is 35.6 Å². The minimum Gasteiger partial charge on any atom is -0.388 e. The van der Waals surface area contributed by atoms with Gasteiger partial charge in [-0.15, -0.1) is 0 Å². The molecule has 0 amide bonds. The molecular weight excluding hydrogens is 520 g/mol. The van der Waals surface area contributed by atoms with Crippen molar-refractivity contribution >= 4 is 0 Å². The summed E-state index contributed by atoms with van der Waals surface area (Å²) in [6.45, 7) is 15.1. The molecule has 0 radical (unpaired) electrons. The minimum absolute atomic E-state index is 0.0520. The molecule has 7 unspecified atom stereocenters. The van der Waals surface area contributed by atoms with Crippen molar-refractivity contribution in [1.82, 2.24) is 5.32 Å². The summed E-state index contributed by atoms with van der Waals surface area (Å²) in [6, 6.07) is 0. The van der Waals surface area contributed by atoms with Gasteiger partial charge < -0.3 is 40.6 Å². The number of fused-ring (bicyclic) bond motifs is 4. The number of hydrogen-bond donors (Lipinski definition) is 5. The predicted molar refractivity (Wildman–Crippen MR) is 155 cm³/mol. The lowest BCUT2D eigenvalue weighted by Gasteiger charge is -2.63. The first-order chi connectivity index (χ1) is 19.1. The summed E-state index contributed by atoms with van der Waals surface area (Å²) >= 11 is 0. The highest BCUT2D eigenvalue weighted by molar-refractivity contribution is 5.35. The molecular formula is C33H56N2O6. The lowest BCUT2D eigenvalue weighted by molar-refractivity contribution is -0.233. The van der Waals surface area contributed by atoms with Gasteiger partial charge in [-0.1, -0.05) is 27.7 Å². The summed E-state index contributed by atoms with van der Waals surface area (Å²) in [4.78, 5) is 0. The second-order valence-corrected chi connectivity index (χ2v) is 16.9. The van der Waals surface area contributed by atoms with Crippen LogP contribution in [-0.4, -0.2) is 83.0 Å². The summed E-state index contributed by atoms with van der Waals surface area (Å²) in [6.07, 6.45) is 5.78. The first-order valence-corrected chi connectivity index (χ1v) is 16.6. The van der Waals surface area contributed by atoms with E-state index in [0.717, 1.165) is 38.8 Å². The van der Waals surface area contributed by atoms with Gasteiger partial charge in [-0.25, -0.2) is 0 Å². The SMILES string of the molecule is C[C@@H]1C[C@@H](C(O)C(C)(C)O)O[C@@H]2[C@H]1C1(C)CCC34CC35CCC(OC3CNCCO3)C(C)(C)[C@@H]5CCC4[C@]1(N)[C@H]2O. The van der Waals surface area contributed by atoms with Crippen molar-refractivity contribution in [3.8, 4) is 0 Å². The van der Waals surface area contributed by atoms with E-state index in [-0.39, 0.29) is 51.8 Å². The smallest absolute Gasteiger partial charge is 0.170 e. The Morgan fingerprint density at radius 1 is 1.05 bits per heavy atom. The van der Waals surface area contributed by atoms with Crippen LogP contribution in [0.15, 0.2) is 0 Å². The zero-order chi connectivity index (χ0) is 29.4. The third-order valence-electron chi connectivity index (χ3n) is 14.5. The molecule has 2 aliphatic heterocycles. The molecule has 0 bridgehead atoms. The van der Waals surface area contributed by atoms with Gasteiger partial charge in [0.25, 0.3) is 0 Å². The zero-order valence-corrected chi connectivity index (χ0v) is 26.2. The van der Waals surface area contributed by atoms with E-state index >= 15 is 0 Å². The van der Waals surface area contributed by atoms with E-state index in [1.807, 2.05) is 0 Å². The Kier molecular flexibility index (Phi) is 6.54. The van der Waals surface area contributed by atoms with Crippen LogP contribution in [0.4, 0.5) is 0 Å². The summed E-state index contributed by atoms with van der Waals surface area (Å²) in [5.74, 6) is 1.22. The first kappa shape index (κ1) is 29.4. The van der Waals surface area contributed by atoms with Gasteiger partial charge in [-0.3, -0.25) is 0 Å². The van der Waals surface area contributed by atoms with E-state index in [1.54, 1.807) is 13.8 Å². The Morgan fingerprint density at radius 2 is 1.76 bits per heavy atom. The standard InChI is InChI=1S/C33H56N2O6/c1-18-15-19(26(36)29(4,5)38)40-25-24(18)30(6)11-12-32-17-31(32)10-9-22(41-23-16-35-13-14-39-23)28(2,3)20(31)7-8-21(32)33(30,34)27(25)37/h18-27,35-38H,7-17,34H2,1-6H3/t18-,19+,20+,21?,22?,23?,24+,25-,26?,27+,30?,31?,32?,33+/m1/s1. The van der Waals surface area contributed by atoms with E-state index in [1.165, 1.54) is 19.3 Å². The summed E-state index contributed by atoms with van der Waals surface area (Å²) in [5.41, 5.74) is 5.97. The molecule has 5 saturated carbocycles. The van der Waals surface area contributed by atoms with Crippen LogP contribution in [0.2, 0.25) is 0 Å². The van der Waals surface area contributed by atoms with Crippen molar-refractivity contribution in [1.29, 1.82) is 0 Å². The predicted octanol–water partition coefficient (Wildman–Crippen LogP) is 2.95. The molecule has 8 nitrogen and oxygen atoms in total. The average molecular weight is 577 g/mol. The first-order valence-electron chi connectivity index (χ1n) is 16.6. The molecule has 7 fully saturated rings. The molecule has 2 heterocycles. The fourth-order valence-corrected chi connectivity index (χ4v) is 12.7. The van der Waals surface area contributed by atoms with Crippen LogP contribution in [0.5, 0.6) is 0 Å². The monoisotopic (exact) mass is 576 g/mol. The lowest BCUT2D eigenvalue weighted by Crippen LogP contribution is -2.70. The maximum absolute atomic E-state index is 12.2. The Balaban J connectivity index is 1.16. The van der Waals surface area contributed by atoms with Gasteiger partial charge in [0.05, 0.1) is 42.2 Å². The van der Waals surface area contributed by atoms with E-state index in [0.29, 0.717) is 18.9 Å². The topological polar surface area (TPSA) is 126 Å². The maximum Gasteiger partial charge on any atom is 0.170 e. The number of nitrogens with two attached hydrogens (primary N) is 1. The maximum atomic E-state index is 12.2. The highest BCUT2D eigenvalue weighted by atomic mass is 16.7. The number of aliphatic hydroxyl groups is 3. The number of aliphatic hydroxyl groups excluding tert-OH is 2. The normalized spacial score (nSPS) is 56.5. The van der Waals surface area contributed by atoms with Gasteiger partial charge in [0.2, 0.25) is 0 Å². The number of nitrogens with one attached hydrogen (secondary N) is 1. The number of rotatable bonds is 4. The van der Waals surface area contributed by atoms with E-state index in [9.17, 15) is 15.3 Å².